The third kappa shape index (κ3) is 3.48. The van der Waals surface area contributed by atoms with Crippen molar-refractivity contribution in [2.75, 3.05) is 19.7 Å². The van der Waals surface area contributed by atoms with Crippen LogP contribution in [0, 0.1) is 0 Å². The normalized spacial score (nSPS) is 21.8. The van der Waals surface area contributed by atoms with Gasteiger partial charge in [-0.25, -0.2) is 0 Å². The number of aliphatic hydroxyl groups is 1. The molecular formula is C14H18N2O4. The van der Waals surface area contributed by atoms with Gasteiger partial charge in [-0.2, -0.15) is 0 Å². The van der Waals surface area contributed by atoms with Gasteiger partial charge in [0, 0.05) is 18.7 Å². The largest absolute Gasteiger partial charge is 0.484 e. The summed E-state index contributed by atoms with van der Waals surface area (Å²) in [4.78, 5) is 24.4. The molecule has 1 heterocycles. The minimum atomic E-state index is -0.805. The first-order valence-corrected chi connectivity index (χ1v) is 6.40. The van der Waals surface area contributed by atoms with E-state index in [4.69, 9.17) is 10.5 Å². The summed E-state index contributed by atoms with van der Waals surface area (Å²) < 4.78 is 5.12. The maximum Gasteiger partial charge on any atom is 0.255 e. The molecule has 20 heavy (non-hydrogen) atoms. The standard InChI is InChI=1S/C14H18N2O4/c1-14(19)6-7-16(9-14)13(18)10-2-4-11(5-3-10)20-8-12(15)17/h2-5,19H,6-9H2,1H3,(H2,15,17). The monoisotopic (exact) mass is 278 g/mol. The second-order valence-electron chi connectivity index (χ2n) is 5.25. The number of β-amino-alcohol motifs (C(OH)–C–C–N with tert-alkyl or cyclic N) is 1. The first kappa shape index (κ1) is 14.3. The van der Waals surface area contributed by atoms with Crippen LogP contribution < -0.4 is 10.5 Å². The smallest absolute Gasteiger partial charge is 0.255 e. The Bertz CT molecular complexity index is 510. The predicted octanol–water partition coefficient (Wildman–Crippen LogP) is 0.148. The maximum absolute atomic E-state index is 12.2. The van der Waals surface area contributed by atoms with Crippen LogP contribution in [-0.4, -0.2) is 47.1 Å². The van der Waals surface area contributed by atoms with Crippen LogP contribution in [0.3, 0.4) is 0 Å². The zero-order valence-electron chi connectivity index (χ0n) is 11.3. The number of carbonyl (C=O) groups excluding carboxylic acids is 2. The molecule has 1 aliphatic rings. The number of hydrogen-bond acceptors (Lipinski definition) is 4. The van der Waals surface area contributed by atoms with Gasteiger partial charge in [-0.05, 0) is 37.6 Å². The summed E-state index contributed by atoms with van der Waals surface area (Å²) in [7, 11) is 0. The van der Waals surface area contributed by atoms with Crippen LogP contribution in [0.1, 0.15) is 23.7 Å². The summed E-state index contributed by atoms with van der Waals surface area (Å²) in [5, 5.41) is 9.87. The number of rotatable bonds is 4. The van der Waals surface area contributed by atoms with E-state index in [0.717, 1.165) is 0 Å². The SMILES string of the molecule is CC1(O)CCN(C(=O)c2ccc(OCC(N)=O)cc2)C1. The first-order chi connectivity index (χ1) is 9.37. The highest BCUT2D eigenvalue weighted by molar-refractivity contribution is 5.94. The second-order valence-corrected chi connectivity index (χ2v) is 5.25. The molecule has 1 aromatic rings. The Balaban J connectivity index is 1.99. The van der Waals surface area contributed by atoms with E-state index in [9.17, 15) is 14.7 Å². The number of amides is 2. The van der Waals surface area contributed by atoms with Crippen molar-refractivity contribution in [1.82, 2.24) is 4.90 Å². The maximum atomic E-state index is 12.2. The predicted molar refractivity (Wildman–Crippen MR) is 72.3 cm³/mol. The molecule has 6 nitrogen and oxygen atoms in total. The van der Waals surface area contributed by atoms with Gasteiger partial charge in [-0.1, -0.05) is 0 Å². The molecule has 2 amide bonds. The zero-order valence-corrected chi connectivity index (χ0v) is 11.3. The Morgan fingerprint density at radius 2 is 2.05 bits per heavy atom. The number of nitrogens with two attached hydrogens (primary N) is 1. The molecule has 108 valence electrons. The highest BCUT2D eigenvalue weighted by Crippen LogP contribution is 2.22. The van der Waals surface area contributed by atoms with Crippen molar-refractivity contribution in [3.63, 3.8) is 0 Å². The van der Waals surface area contributed by atoms with Gasteiger partial charge in [0.25, 0.3) is 11.8 Å². The molecule has 6 heteroatoms. The minimum Gasteiger partial charge on any atom is -0.484 e. The van der Waals surface area contributed by atoms with Gasteiger partial charge < -0.3 is 20.5 Å². The molecule has 1 aliphatic heterocycles. The highest BCUT2D eigenvalue weighted by atomic mass is 16.5. The average molecular weight is 278 g/mol. The fourth-order valence-electron chi connectivity index (χ4n) is 2.15. The molecule has 1 aromatic carbocycles. The fourth-order valence-corrected chi connectivity index (χ4v) is 2.15. The minimum absolute atomic E-state index is 0.121. The summed E-state index contributed by atoms with van der Waals surface area (Å²) in [5.41, 5.74) is 4.70. The number of carbonyl (C=O) groups is 2. The summed E-state index contributed by atoms with van der Waals surface area (Å²) in [5.74, 6) is -0.192. The van der Waals surface area contributed by atoms with Crippen LogP contribution in [0.5, 0.6) is 5.75 Å². The Labute approximate surface area is 117 Å². The Morgan fingerprint density at radius 1 is 1.40 bits per heavy atom. The summed E-state index contributed by atoms with van der Waals surface area (Å²) in [6, 6.07) is 6.49. The van der Waals surface area contributed by atoms with Crippen LogP contribution in [0.15, 0.2) is 24.3 Å². The van der Waals surface area contributed by atoms with Crippen LogP contribution in [0.25, 0.3) is 0 Å². The van der Waals surface area contributed by atoms with E-state index < -0.39 is 11.5 Å². The lowest BCUT2D eigenvalue weighted by Crippen LogP contribution is -2.33. The van der Waals surface area contributed by atoms with Crippen LogP contribution in [0.2, 0.25) is 0 Å². The van der Waals surface area contributed by atoms with E-state index in [1.807, 2.05) is 0 Å². The lowest BCUT2D eigenvalue weighted by molar-refractivity contribution is -0.119. The molecule has 0 aromatic heterocycles. The Hall–Kier alpha value is -2.08. The molecule has 1 saturated heterocycles. The van der Waals surface area contributed by atoms with Gasteiger partial charge in [-0.3, -0.25) is 9.59 Å². The number of primary amides is 1. The molecule has 1 atom stereocenters. The number of nitrogens with zero attached hydrogens (tertiary/aromatic N) is 1. The van der Waals surface area contributed by atoms with Crippen molar-refractivity contribution in [2.24, 2.45) is 5.73 Å². The van der Waals surface area contributed by atoms with Crippen molar-refractivity contribution in [2.45, 2.75) is 18.9 Å². The van der Waals surface area contributed by atoms with E-state index in [-0.39, 0.29) is 12.5 Å². The molecule has 0 radical (unpaired) electrons. The van der Waals surface area contributed by atoms with E-state index in [2.05, 4.69) is 0 Å². The molecule has 3 N–H and O–H groups in total. The quantitative estimate of drug-likeness (QED) is 0.819. The molecule has 1 unspecified atom stereocenters. The Morgan fingerprint density at radius 3 is 2.55 bits per heavy atom. The zero-order chi connectivity index (χ0) is 14.8. The van der Waals surface area contributed by atoms with Gasteiger partial charge >= 0.3 is 0 Å². The number of ether oxygens (including phenoxy) is 1. The third-order valence-electron chi connectivity index (χ3n) is 3.22. The van der Waals surface area contributed by atoms with E-state index in [1.54, 1.807) is 36.1 Å². The van der Waals surface area contributed by atoms with Crippen molar-refractivity contribution < 1.29 is 19.4 Å². The van der Waals surface area contributed by atoms with E-state index in [0.29, 0.717) is 30.8 Å². The lowest BCUT2D eigenvalue weighted by Gasteiger charge is -2.19. The van der Waals surface area contributed by atoms with Crippen molar-refractivity contribution >= 4 is 11.8 Å². The van der Waals surface area contributed by atoms with E-state index in [1.165, 1.54) is 0 Å². The van der Waals surface area contributed by atoms with Crippen molar-refractivity contribution in [1.29, 1.82) is 0 Å². The van der Waals surface area contributed by atoms with Gasteiger partial charge in [0.1, 0.15) is 5.75 Å². The highest BCUT2D eigenvalue weighted by Gasteiger charge is 2.34. The summed E-state index contributed by atoms with van der Waals surface area (Å²) in [6.45, 7) is 2.42. The number of benzene rings is 1. The van der Waals surface area contributed by atoms with Crippen molar-refractivity contribution in [3.8, 4) is 5.75 Å². The molecule has 1 fully saturated rings. The molecule has 0 bridgehead atoms. The lowest BCUT2D eigenvalue weighted by atomic mass is 10.1. The van der Waals surface area contributed by atoms with E-state index >= 15 is 0 Å². The summed E-state index contributed by atoms with van der Waals surface area (Å²) in [6.07, 6.45) is 0.582. The number of hydrogen-bond donors (Lipinski definition) is 2. The van der Waals surface area contributed by atoms with Crippen molar-refractivity contribution in [3.05, 3.63) is 29.8 Å². The molecular weight excluding hydrogens is 260 g/mol. The topological polar surface area (TPSA) is 92.9 Å². The summed E-state index contributed by atoms with van der Waals surface area (Å²) >= 11 is 0. The Kier molecular flexibility index (Phi) is 3.94. The van der Waals surface area contributed by atoms with Gasteiger partial charge in [0.15, 0.2) is 6.61 Å². The first-order valence-electron chi connectivity index (χ1n) is 6.40. The average Bonchev–Trinajstić information content (AvgIpc) is 2.76. The van der Waals surface area contributed by atoms with Crippen LogP contribution in [-0.2, 0) is 4.79 Å². The third-order valence-corrected chi connectivity index (χ3v) is 3.22. The van der Waals surface area contributed by atoms with Gasteiger partial charge in [0.2, 0.25) is 0 Å². The van der Waals surface area contributed by atoms with Gasteiger partial charge in [-0.15, -0.1) is 0 Å². The van der Waals surface area contributed by atoms with Gasteiger partial charge in [0.05, 0.1) is 5.60 Å². The molecule has 2 rings (SSSR count). The van der Waals surface area contributed by atoms with Crippen LogP contribution >= 0.6 is 0 Å². The fraction of sp³-hybridized carbons (Fsp3) is 0.429. The molecule has 0 spiro atoms. The second kappa shape index (κ2) is 5.50. The molecule has 0 saturated carbocycles. The molecule has 0 aliphatic carbocycles. The number of likely N-dealkylation sites (tertiary alicyclic amines) is 1. The van der Waals surface area contributed by atoms with Crippen LogP contribution in [0.4, 0.5) is 0 Å².